The summed E-state index contributed by atoms with van der Waals surface area (Å²) in [6.45, 7) is 1.07. The number of rotatable bonds is 5. The molecule has 5 heteroatoms. The summed E-state index contributed by atoms with van der Waals surface area (Å²) in [5.74, 6) is 1.30. The number of hydrogen-bond donors (Lipinski definition) is 1. The lowest BCUT2D eigenvalue weighted by molar-refractivity contribution is -0.139. The number of cyclic esters (lactones) is 1. The molecule has 1 heterocycles. The van der Waals surface area contributed by atoms with Crippen LogP contribution in [-0.4, -0.2) is 32.8 Å². The number of carbonyl (C=O) groups excluding carboxylic acids is 1. The van der Waals surface area contributed by atoms with Crippen LogP contribution in [0, 0.1) is 0 Å². The highest BCUT2D eigenvalue weighted by Gasteiger charge is 2.25. The van der Waals surface area contributed by atoms with Crippen molar-refractivity contribution in [2.75, 3.05) is 20.8 Å². The van der Waals surface area contributed by atoms with Gasteiger partial charge in [0.25, 0.3) is 0 Å². The van der Waals surface area contributed by atoms with Crippen molar-refractivity contribution < 1.29 is 19.0 Å². The normalized spacial score (nSPS) is 18.6. The highest BCUT2D eigenvalue weighted by atomic mass is 16.5. The molecule has 5 nitrogen and oxygen atoms in total. The van der Waals surface area contributed by atoms with Crippen LogP contribution in [0.15, 0.2) is 18.2 Å². The van der Waals surface area contributed by atoms with E-state index in [2.05, 4.69) is 5.32 Å². The summed E-state index contributed by atoms with van der Waals surface area (Å²) in [5, 5.41) is 3.16. The standard InChI is InChI=1S/C13H17NO4/c1-16-10-5-9(6-11(7-10)17-2)8-14-12-3-4-18-13(12)15/h5-7,12,14H,3-4,8H2,1-2H3. The Balaban J connectivity index is 2.01. The first-order valence-electron chi connectivity index (χ1n) is 5.85. The van der Waals surface area contributed by atoms with E-state index in [0.717, 1.165) is 23.5 Å². The van der Waals surface area contributed by atoms with Crippen molar-refractivity contribution in [3.05, 3.63) is 23.8 Å². The van der Waals surface area contributed by atoms with Gasteiger partial charge in [0.05, 0.1) is 20.8 Å². The van der Waals surface area contributed by atoms with E-state index in [1.54, 1.807) is 14.2 Å². The lowest BCUT2D eigenvalue weighted by Gasteiger charge is -2.11. The maximum atomic E-state index is 11.3. The summed E-state index contributed by atoms with van der Waals surface area (Å²) >= 11 is 0. The number of ether oxygens (including phenoxy) is 3. The van der Waals surface area contributed by atoms with Crippen LogP contribution in [-0.2, 0) is 16.1 Å². The molecule has 1 aliphatic heterocycles. The summed E-state index contributed by atoms with van der Waals surface area (Å²) in [6.07, 6.45) is 0.722. The minimum absolute atomic E-state index is 0.176. The van der Waals surface area contributed by atoms with E-state index >= 15 is 0 Å². The Morgan fingerprint density at radius 1 is 1.28 bits per heavy atom. The van der Waals surface area contributed by atoms with Gasteiger partial charge < -0.3 is 19.5 Å². The third-order valence-electron chi connectivity index (χ3n) is 2.90. The zero-order valence-corrected chi connectivity index (χ0v) is 10.6. The molecule has 0 aromatic heterocycles. The largest absolute Gasteiger partial charge is 0.497 e. The van der Waals surface area contributed by atoms with E-state index in [1.165, 1.54) is 0 Å². The fourth-order valence-corrected chi connectivity index (χ4v) is 1.89. The van der Waals surface area contributed by atoms with Crippen LogP contribution < -0.4 is 14.8 Å². The Kier molecular flexibility index (Phi) is 4.04. The van der Waals surface area contributed by atoms with E-state index in [0.29, 0.717) is 13.2 Å². The maximum Gasteiger partial charge on any atom is 0.323 e. The minimum Gasteiger partial charge on any atom is -0.497 e. The second-order valence-electron chi connectivity index (χ2n) is 4.11. The third kappa shape index (κ3) is 2.92. The van der Waals surface area contributed by atoms with Gasteiger partial charge in [0.2, 0.25) is 0 Å². The quantitative estimate of drug-likeness (QED) is 0.794. The average Bonchev–Trinajstić information content (AvgIpc) is 2.81. The molecule has 1 N–H and O–H groups in total. The molecule has 0 aliphatic carbocycles. The van der Waals surface area contributed by atoms with Crippen LogP contribution in [0.1, 0.15) is 12.0 Å². The van der Waals surface area contributed by atoms with Crippen LogP contribution in [0.5, 0.6) is 11.5 Å². The molecule has 1 unspecified atom stereocenters. The van der Waals surface area contributed by atoms with E-state index in [4.69, 9.17) is 14.2 Å². The smallest absolute Gasteiger partial charge is 0.323 e. The SMILES string of the molecule is COc1cc(CNC2CCOC2=O)cc(OC)c1. The first-order chi connectivity index (χ1) is 8.72. The zero-order valence-electron chi connectivity index (χ0n) is 10.6. The first-order valence-corrected chi connectivity index (χ1v) is 5.85. The number of carbonyl (C=O) groups is 1. The summed E-state index contributed by atoms with van der Waals surface area (Å²) in [7, 11) is 3.22. The predicted molar refractivity (Wildman–Crippen MR) is 65.7 cm³/mol. The topological polar surface area (TPSA) is 56.8 Å². The molecule has 2 rings (SSSR count). The van der Waals surface area contributed by atoms with Crippen LogP contribution in [0.2, 0.25) is 0 Å². The van der Waals surface area contributed by atoms with Gasteiger partial charge in [-0.25, -0.2) is 0 Å². The van der Waals surface area contributed by atoms with Gasteiger partial charge in [0, 0.05) is 19.0 Å². The molecule has 18 heavy (non-hydrogen) atoms. The fourth-order valence-electron chi connectivity index (χ4n) is 1.89. The molecular weight excluding hydrogens is 234 g/mol. The molecule has 1 aromatic rings. The molecule has 0 amide bonds. The van der Waals surface area contributed by atoms with Gasteiger partial charge in [0.1, 0.15) is 17.5 Å². The fraction of sp³-hybridized carbons (Fsp3) is 0.462. The molecular formula is C13H17NO4. The highest BCUT2D eigenvalue weighted by Crippen LogP contribution is 2.22. The van der Waals surface area contributed by atoms with Crippen molar-refractivity contribution in [2.45, 2.75) is 19.0 Å². The molecule has 0 spiro atoms. The maximum absolute atomic E-state index is 11.3. The lowest BCUT2D eigenvalue weighted by Crippen LogP contribution is -2.32. The number of nitrogens with one attached hydrogen (secondary N) is 1. The Morgan fingerprint density at radius 2 is 1.94 bits per heavy atom. The number of esters is 1. The second-order valence-corrected chi connectivity index (χ2v) is 4.11. The van der Waals surface area contributed by atoms with Gasteiger partial charge in [-0.15, -0.1) is 0 Å². The molecule has 0 saturated carbocycles. The van der Waals surface area contributed by atoms with Crippen LogP contribution in [0.3, 0.4) is 0 Å². The van der Waals surface area contributed by atoms with Crippen molar-refractivity contribution >= 4 is 5.97 Å². The van der Waals surface area contributed by atoms with Gasteiger partial charge >= 0.3 is 5.97 Å². The summed E-state index contributed by atoms with van der Waals surface area (Å²) in [6, 6.07) is 5.43. The number of benzene rings is 1. The van der Waals surface area contributed by atoms with E-state index < -0.39 is 0 Å². The monoisotopic (exact) mass is 251 g/mol. The molecule has 0 bridgehead atoms. The first kappa shape index (κ1) is 12.7. The van der Waals surface area contributed by atoms with Crippen molar-refractivity contribution in [2.24, 2.45) is 0 Å². The Bertz CT molecular complexity index is 411. The second kappa shape index (κ2) is 5.73. The summed E-state index contributed by atoms with van der Waals surface area (Å²) < 4.78 is 15.3. The van der Waals surface area contributed by atoms with E-state index in [-0.39, 0.29) is 12.0 Å². The molecule has 1 aliphatic rings. The molecule has 98 valence electrons. The highest BCUT2D eigenvalue weighted by molar-refractivity contribution is 5.77. The zero-order chi connectivity index (χ0) is 13.0. The Labute approximate surface area is 106 Å². The van der Waals surface area contributed by atoms with Crippen molar-refractivity contribution in [3.63, 3.8) is 0 Å². The Morgan fingerprint density at radius 3 is 2.44 bits per heavy atom. The molecule has 1 aromatic carbocycles. The van der Waals surface area contributed by atoms with Gasteiger partial charge in [-0.3, -0.25) is 4.79 Å². The van der Waals surface area contributed by atoms with Gasteiger partial charge in [-0.1, -0.05) is 0 Å². The predicted octanol–water partition coefficient (Wildman–Crippen LogP) is 1.11. The number of hydrogen-bond acceptors (Lipinski definition) is 5. The third-order valence-corrected chi connectivity index (χ3v) is 2.90. The molecule has 1 saturated heterocycles. The van der Waals surface area contributed by atoms with E-state index in [9.17, 15) is 4.79 Å². The van der Waals surface area contributed by atoms with Gasteiger partial charge in [-0.2, -0.15) is 0 Å². The molecule has 1 fully saturated rings. The van der Waals surface area contributed by atoms with Gasteiger partial charge in [0.15, 0.2) is 0 Å². The van der Waals surface area contributed by atoms with Crippen molar-refractivity contribution in [1.29, 1.82) is 0 Å². The average molecular weight is 251 g/mol. The van der Waals surface area contributed by atoms with Crippen LogP contribution in [0.4, 0.5) is 0 Å². The van der Waals surface area contributed by atoms with Crippen molar-refractivity contribution in [1.82, 2.24) is 5.32 Å². The van der Waals surface area contributed by atoms with E-state index in [1.807, 2.05) is 18.2 Å². The van der Waals surface area contributed by atoms with Crippen LogP contribution in [0.25, 0.3) is 0 Å². The number of methoxy groups -OCH3 is 2. The minimum atomic E-state index is -0.206. The van der Waals surface area contributed by atoms with Crippen LogP contribution >= 0.6 is 0 Å². The lowest BCUT2D eigenvalue weighted by atomic mass is 10.1. The van der Waals surface area contributed by atoms with Crippen molar-refractivity contribution in [3.8, 4) is 11.5 Å². The molecule has 0 radical (unpaired) electrons. The van der Waals surface area contributed by atoms with Gasteiger partial charge in [-0.05, 0) is 17.7 Å². The summed E-state index contributed by atoms with van der Waals surface area (Å²) in [5.41, 5.74) is 1.01. The molecule has 1 atom stereocenters. The Hall–Kier alpha value is -1.75. The summed E-state index contributed by atoms with van der Waals surface area (Å²) in [4.78, 5) is 11.3.